The van der Waals surface area contributed by atoms with Crippen LogP contribution in [0.2, 0.25) is 5.02 Å². The highest BCUT2D eigenvalue weighted by molar-refractivity contribution is 9.09. The fourth-order valence-electron chi connectivity index (χ4n) is 1.91. The molecule has 6 heteroatoms. The zero-order chi connectivity index (χ0) is 14.0. The summed E-state index contributed by atoms with van der Waals surface area (Å²) >= 11 is 9.30. The first-order chi connectivity index (χ1) is 9.06. The van der Waals surface area contributed by atoms with Gasteiger partial charge in [0.2, 0.25) is 0 Å². The number of rotatable bonds is 4. The van der Waals surface area contributed by atoms with E-state index in [9.17, 15) is 15.3 Å². The van der Waals surface area contributed by atoms with Crippen LogP contribution in [0.4, 0.5) is 0 Å². The molecule has 1 aromatic carbocycles. The van der Waals surface area contributed by atoms with Gasteiger partial charge in [0, 0.05) is 22.5 Å². The Morgan fingerprint density at radius 2 is 2.11 bits per heavy atom. The number of benzene rings is 1. The third-order valence-corrected chi connectivity index (χ3v) is 3.70. The molecule has 3 N–H and O–H groups in total. The molecule has 1 aromatic heterocycles. The van der Waals surface area contributed by atoms with Crippen LogP contribution >= 0.6 is 27.5 Å². The average Bonchev–Trinajstić information content (AvgIpc) is 2.42. The highest BCUT2D eigenvalue weighted by Crippen LogP contribution is 2.37. The molecule has 0 fully saturated rings. The lowest BCUT2D eigenvalue weighted by Crippen LogP contribution is -2.18. The number of halogens is 2. The van der Waals surface area contributed by atoms with Gasteiger partial charge in [-0.15, -0.1) is 0 Å². The van der Waals surface area contributed by atoms with Gasteiger partial charge >= 0.3 is 0 Å². The fourth-order valence-corrected chi connectivity index (χ4v) is 2.65. The molecular weight excluding hydrogens is 334 g/mol. The van der Waals surface area contributed by atoms with E-state index in [1.807, 2.05) is 0 Å². The molecule has 0 radical (unpaired) electrons. The molecule has 0 aliphatic rings. The summed E-state index contributed by atoms with van der Waals surface area (Å²) in [5, 5.41) is 31.6. The summed E-state index contributed by atoms with van der Waals surface area (Å²) in [6.45, 7) is 0. The molecule has 4 nitrogen and oxygen atoms in total. The van der Waals surface area contributed by atoms with Crippen molar-refractivity contribution in [1.82, 2.24) is 4.98 Å². The summed E-state index contributed by atoms with van der Waals surface area (Å²) in [7, 11) is 0. The normalized spacial score (nSPS) is 14.5. The maximum absolute atomic E-state index is 10.2. The number of phenolic OH excluding ortho intramolecular Hbond substituents is 1. The van der Waals surface area contributed by atoms with Gasteiger partial charge in [0.05, 0.1) is 11.1 Å². The minimum absolute atomic E-state index is 0.152. The first-order valence-electron chi connectivity index (χ1n) is 5.74. The molecule has 102 valence electrons. The monoisotopic (exact) mass is 345 g/mol. The van der Waals surface area contributed by atoms with E-state index in [1.54, 1.807) is 12.1 Å². The smallest absolute Gasteiger partial charge is 0.147 e. The van der Waals surface area contributed by atoms with E-state index >= 15 is 0 Å². The van der Waals surface area contributed by atoms with Gasteiger partial charge < -0.3 is 15.3 Å². The zero-order valence-corrected chi connectivity index (χ0v) is 12.3. The van der Waals surface area contributed by atoms with E-state index in [4.69, 9.17) is 11.6 Å². The molecule has 0 aliphatic heterocycles. The molecule has 0 spiro atoms. The largest absolute Gasteiger partial charge is 0.505 e. The van der Waals surface area contributed by atoms with Crippen molar-refractivity contribution in [2.45, 2.75) is 18.6 Å². The molecule has 0 bridgehead atoms. The topological polar surface area (TPSA) is 73.6 Å². The summed E-state index contributed by atoms with van der Waals surface area (Å²) in [4.78, 5) is 4.05. The Kier molecular flexibility index (Phi) is 4.62. The highest BCUT2D eigenvalue weighted by atomic mass is 79.9. The minimum atomic E-state index is -1.21. The number of pyridine rings is 1. The maximum Gasteiger partial charge on any atom is 0.147 e. The Balaban J connectivity index is 2.52. The summed E-state index contributed by atoms with van der Waals surface area (Å²) in [6, 6.07) is 4.90. The van der Waals surface area contributed by atoms with Crippen LogP contribution in [-0.2, 0) is 0 Å². The summed E-state index contributed by atoms with van der Waals surface area (Å²) in [5.74, 6) is -0.152. The number of aromatic hydroxyl groups is 1. The third kappa shape index (κ3) is 2.84. The van der Waals surface area contributed by atoms with Gasteiger partial charge in [0.1, 0.15) is 17.4 Å². The lowest BCUT2D eigenvalue weighted by atomic mass is 9.99. The van der Waals surface area contributed by atoms with Crippen LogP contribution in [0.25, 0.3) is 10.9 Å². The van der Waals surface area contributed by atoms with E-state index in [0.717, 1.165) is 0 Å². The van der Waals surface area contributed by atoms with Gasteiger partial charge in [-0.2, -0.15) is 0 Å². The van der Waals surface area contributed by atoms with Gasteiger partial charge in [-0.1, -0.05) is 27.5 Å². The number of aliphatic hydroxyl groups is 2. The van der Waals surface area contributed by atoms with Crippen LogP contribution in [0.15, 0.2) is 24.4 Å². The van der Waals surface area contributed by atoms with Gasteiger partial charge in [-0.05, 0) is 24.6 Å². The Morgan fingerprint density at radius 3 is 2.79 bits per heavy atom. The van der Waals surface area contributed by atoms with Gasteiger partial charge in [0.15, 0.2) is 0 Å². The van der Waals surface area contributed by atoms with Crippen molar-refractivity contribution >= 4 is 38.4 Å². The quantitative estimate of drug-likeness (QED) is 0.744. The third-order valence-electron chi connectivity index (χ3n) is 2.93. The van der Waals surface area contributed by atoms with Gasteiger partial charge in [0.25, 0.3) is 0 Å². The zero-order valence-electron chi connectivity index (χ0n) is 9.92. The molecule has 2 rings (SSSR count). The Bertz CT molecular complexity index is 593. The molecule has 0 aliphatic carbocycles. The van der Waals surface area contributed by atoms with Crippen molar-refractivity contribution in [2.75, 3.05) is 5.33 Å². The number of aromatic nitrogens is 1. The fraction of sp³-hybridized carbons (Fsp3) is 0.308. The second-order valence-electron chi connectivity index (χ2n) is 4.19. The van der Waals surface area contributed by atoms with Crippen LogP contribution in [0, 0.1) is 0 Å². The molecule has 2 aromatic rings. The predicted molar refractivity (Wildman–Crippen MR) is 77.8 cm³/mol. The van der Waals surface area contributed by atoms with E-state index in [2.05, 4.69) is 20.9 Å². The maximum atomic E-state index is 10.2. The second kappa shape index (κ2) is 6.05. The second-order valence-corrected chi connectivity index (χ2v) is 5.39. The van der Waals surface area contributed by atoms with Crippen molar-refractivity contribution in [2.24, 2.45) is 0 Å². The van der Waals surface area contributed by atoms with Crippen LogP contribution in [0.3, 0.4) is 0 Å². The van der Waals surface area contributed by atoms with E-state index in [0.29, 0.717) is 27.7 Å². The number of aliphatic hydroxyl groups excluding tert-OH is 2. The summed E-state index contributed by atoms with van der Waals surface area (Å²) < 4.78 is 0. The molecule has 2 unspecified atom stereocenters. The highest BCUT2D eigenvalue weighted by Gasteiger charge is 2.23. The molecular formula is C13H13BrClNO3. The standard InChI is InChI=1S/C13H13BrClNO3/c14-4-3-10(17)12(18)8-6-9(15)7-2-1-5-16-11(7)13(8)19/h1-2,5-6,10,12,17-19H,3-4H2. The number of hydrogen-bond donors (Lipinski definition) is 3. The lowest BCUT2D eigenvalue weighted by molar-refractivity contribution is 0.0161. The van der Waals surface area contributed by atoms with Crippen molar-refractivity contribution in [1.29, 1.82) is 0 Å². The van der Waals surface area contributed by atoms with E-state index in [-0.39, 0.29) is 11.3 Å². The minimum Gasteiger partial charge on any atom is -0.505 e. The van der Waals surface area contributed by atoms with E-state index < -0.39 is 12.2 Å². The predicted octanol–water partition coefficient (Wildman–Crippen LogP) is 2.77. The SMILES string of the molecule is Oc1c(C(O)C(O)CCBr)cc(Cl)c2cccnc12. The number of hydrogen-bond acceptors (Lipinski definition) is 4. The number of fused-ring (bicyclic) bond motifs is 1. The Hall–Kier alpha value is -0.880. The first-order valence-corrected chi connectivity index (χ1v) is 7.24. The summed E-state index contributed by atoms with van der Waals surface area (Å²) in [6.07, 6.45) is -0.300. The van der Waals surface area contributed by atoms with Crippen LogP contribution in [0.1, 0.15) is 18.1 Å². The van der Waals surface area contributed by atoms with Crippen molar-refractivity contribution < 1.29 is 15.3 Å². The number of phenols is 1. The first kappa shape index (κ1) is 14.5. The average molecular weight is 347 g/mol. The number of nitrogens with zero attached hydrogens (tertiary/aromatic N) is 1. The molecule has 1 heterocycles. The van der Waals surface area contributed by atoms with Crippen LogP contribution < -0.4 is 0 Å². The van der Waals surface area contributed by atoms with Gasteiger partial charge in [-0.3, -0.25) is 4.98 Å². The Labute approximate surface area is 123 Å². The molecule has 0 amide bonds. The summed E-state index contributed by atoms with van der Waals surface area (Å²) in [5.41, 5.74) is 0.500. The van der Waals surface area contributed by atoms with Crippen molar-refractivity contribution in [3.05, 3.63) is 35.0 Å². The van der Waals surface area contributed by atoms with E-state index in [1.165, 1.54) is 12.3 Å². The molecule has 2 atom stereocenters. The number of alkyl halides is 1. The van der Waals surface area contributed by atoms with Crippen molar-refractivity contribution in [3.8, 4) is 5.75 Å². The van der Waals surface area contributed by atoms with Gasteiger partial charge in [-0.25, -0.2) is 0 Å². The molecule has 0 saturated carbocycles. The van der Waals surface area contributed by atoms with Crippen molar-refractivity contribution in [3.63, 3.8) is 0 Å². The molecule has 19 heavy (non-hydrogen) atoms. The molecule has 0 saturated heterocycles. The van der Waals surface area contributed by atoms with Crippen LogP contribution in [0.5, 0.6) is 5.75 Å². The Morgan fingerprint density at radius 1 is 1.37 bits per heavy atom. The lowest BCUT2D eigenvalue weighted by Gasteiger charge is -2.19. The van der Waals surface area contributed by atoms with Crippen LogP contribution in [-0.4, -0.2) is 31.7 Å².